The van der Waals surface area contributed by atoms with Gasteiger partial charge in [0, 0.05) is 23.5 Å². The molecule has 0 bridgehead atoms. The molecule has 200 valence electrons. The van der Waals surface area contributed by atoms with Crippen molar-refractivity contribution in [2.45, 2.75) is 31.8 Å². The largest absolute Gasteiger partial charge is 0.346 e. The van der Waals surface area contributed by atoms with Crippen LogP contribution in [0.4, 0.5) is 10.1 Å². The number of fused-ring (bicyclic) bond motifs is 1. The van der Waals surface area contributed by atoms with E-state index in [2.05, 4.69) is 15.4 Å². The predicted molar refractivity (Wildman–Crippen MR) is 152 cm³/mol. The topological polar surface area (TPSA) is 80.1 Å². The van der Waals surface area contributed by atoms with E-state index in [-0.39, 0.29) is 23.7 Å². The summed E-state index contributed by atoms with van der Waals surface area (Å²) in [6, 6.07) is 24.6. The van der Waals surface area contributed by atoms with Gasteiger partial charge in [-0.3, -0.25) is 14.6 Å². The summed E-state index contributed by atoms with van der Waals surface area (Å²) < 4.78 is 15.2. The minimum absolute atomic E-state index is 0.0301. The maximum Gasteiger partial charge on any atom is 0.253 e. The monoisotopic (exact) mass is 533 g/mol. The summed E-state index contributed by atoms with van der Waals surface area (Å²) in [5.74, 6) is -1.03. The molecule has 0 aliphatic carbocycles. The van der Waals surface area contributed by atoms with E-state index in [9.17, 15) is 14.0 Å². The smallest absolute Gasteiger partial charge is 0.253 e. The number of nitrogens with one attached hydrogen (secondary N) is 1. The molecular weight excluding hydrogens is 505 g/mol. The lowest BCUT2D eigenvalue weighted by Gasteiger charge is -2.28. The van der Waals surface area contributed by atoms with Crippen molar-refractivity contribution in [2.75, 3.05) is 4.90 Å². The van der Waals surface area contributed by atoms with Crippen LogP contribution < -0.4 is 10.2 Å². The van der Waals surface area contributed by atoms with E-state index in [1.807, 2.05) is 60.4 Å². The van der Waals surface area contributed by atoms with Gasteiger partial charge in [0.05, 0.1) is 41.0 Å². The maximum absolute atomic E-state index is 14.1. The van der Waals surface area contributed by atoms with E-state index in [4.69, 9.17) is 0 Å². The Bertz CT molecular complexity index is 1650. The Hall–Kier alpha value is -4.85. The molecule has 1 N–H and O–H groups in total. The molecule has 0 spiro atoms. The van der Waals surface area contributed by atoms with Gasteiger partial charge in [-0.2, -0.15) is 5.10 Å². The highest BCUT2D eigenvalue weighted by atomic mass is 19.1. The molecule has 2 aromatic heterocycles. The molecule has 0 radical (unpaired) electrons. The molecular formula is C32H28FN5O2. The maximum atomic E-state index is 14.1. The second kappa shape index (κ2) is 10.7. The molecule has 3 aromatic carbocycles. The summed E-state index contributed by atoms with van der Waals surface area (Å²) in [7, 11) is 0. The number of anilines is 1. The Morgan fingerprint density at radius 1 is 0.950 bits per heavy atom. The van der Waals surface area contributed by atoms with Crippen molar-refractivity contribution in [3.63, 3.8) is 0 Å². The molecule has 3 atom stereocenters. The van der Waals surface area contributed by atoms with Crippen LogP contribution >= 0.6 is 0 Å². The van der Waals surface area contributed by atoms with E-state index < -0.39 is 12.0 Å². The first-order valence-electron chi connectivity index (χ1n) is 13.3. The molecule has 2 amide bonds. The van der Waals surface area contributed by atoms with Crippen molar-refractivity contribution >= 4 is 28.4 Å². The molecule has 5 aromatic rings. The van der Waals surface area contributed by atoms with Crippen molar-refractivity contribution in [1.82, 2.24) is 20.1 Å². The van der Waals surface area contributed by atoms with Crippen LogP contribution in [0.1, 0.15) is 29.3 Å². The first-order valence-corrected chi connectivity index (χ1v) is 13.3. The molecule has 1 aliphatic rings. The van der Waals surface area contributed by atoms with E-state index in [1.165, 1.54) is 18.3 Å². The fourth-order valence-corrected chi connectivity index (χ4v) is 5.65. The fourth-order valence-electron chi connectivity index (χ4n) is 5.65. The van der Waals surface area contributed by atoms with Gasteiger partial charge in [0.2, 0.25) is 5.91 Å². The molecule has 7 nitrogen and oxygen atoms in total. The van der Waals surface area contributed by atoms with Gasteiger partial charge >= 0.3 is 0 Å². The average Bonchev–Trinajstić information content (AvgIpc) is 3.52. The highest BCUT2D eigenvalue weighted by molar-refractivity contribution is 6.02. The summed E-state index contributed by atoms with van der Waals surface area (Å²) in [6.45, 7) is 2.03. The average molecular weight is 534 g/mol. The zero-order valence-electron chi connectivity index (χ0n) is 21.9. The Morgan fingerprint density at radius 3 is 2.45 bits per heavy atom. The summed E-state index contributed by atoms with van der Waals surface area (Å²) in [4.78, 5) is 33.2. The van der Waals surface area contributed by atoms with Crippen molar-refractivity contribution in [3.05, 3.63) is 120 Å². The number of halogens is 1. The molecule has 6 rings (SSSR count). The highest BCUT2D eigenvalue weighted by Crippen LogP contribution is 2.36. The third kappa shape index (κ3) is 4.73. The number of rotatable bonds is 7. The van der Waals surface area contributed by atoms with Gasteiger partial charge in [-0.05, 0) is 73.0 Å². The molecule has 1 fully saturated rings. The Kier molecular flexibility index (Phi) is 6.82. The third-order valence-corrected chi connectivity index (χ3v) is 7.57. The number of amides is 2. The number of nitrogens with zero attached hydrogens (tertiary/aromatic N) is 4. The normalized spacial score (nSPS) is 18.8. The van der Waals surface area contributed by atoms with Gasteiger partial charge in [0.25, 0.3) is 5.91 Å². The van der Waals surface area contributed by atoms with Gasteiger partial charge in [0.15, 0.2) is 0 Å². The Labute approximate surface area is 231 Å². The number of benzene rings is 3. The number of hydrogen-bond acceptors (Lipinski definition) is 4. The van der Waals surface area contributed by atoms with Crippen LogP contribution in [-0.4, -0.2) is 38.7 Å². The standard InChI is InChI=1S/C32H28FN5O2/c1-2-28-30(36-31(39)22-9-6-16-34-19-22)27(17-21-7-4-3-5-8-21)32(40)37(28)26-14-15-29-23(18-26)20-35-38(29)25-12-10-24(33)11-13-25/h3-16,18-20,27-28,30H,2,17H2,1H3,(H,36,39)/t27?,28?,30-/m0/s1. The van der Waals surface area contributed by atoms with Crippen molar-refractivity contribution in [3.8, 4) is 5.69 Å². The summed E-state index contributed by atoms with van der Waals surface area (Å²) in [5.41, 5.74) is 3.83. The second-order valence-corrected chi connectivity index (χ2v) is 10.00. The third-order valence-electron chi connectivity index (χ3n) is 7.57. The number of carbonyl (C=O) groups excluding carboxylic acids is 2. The first-order chi connectivity index (χ1) is 19.5. The van der Waals surface area contributed by atoms with Crippen LogP contribution in [0, 0.1) is 11.7 Å². The molecule has 3 heterocycles. The SMILES string of the molecule is CCC1[C@@H](NC(=O)c2cccnc2)C(Cc2ccccc2)C(=O)N1c1ccc2c(cnn2-c2ccc(F)cc2)c1. The lowest BCUT2D eigenvalue weighted by atomic mass is 9.90. The van der Waals surface area contributed by atoms with Crippen LogP contribution in [0.5, 0.6) is 0 Å². The second-order valence-electron chi connectivity index (χ2n) is 10.00. The van der Waals surface area contributed by atoms with Crippen molar-refractivity contribution in [2.24, 2.45) is 5.92 Å². The van der Waals surface area contributed by atoms with E-state index in [0.29, 0.717) is 18.4 Å². The zero-order valence-corrected chi connectivity index (χ0v) is 21.9. The lowest BCUT2D eigenvalue weighted by molar-refractivity contribution is -0.120. The molecule has 8 heteroatoms. The van der Waals surface area contributed by atoms with Crippen molar-refractivity contribution in [1.29, 1.82) is 0 Å². The van der Waals surface area contributed by atoms with Crippen LogP contribution in [0.25, 0.3) is 16.6 Å². The molecule has 40 heavy (non-hydrogen) atoms. The van der Waals surface area contributed by atoms with Crippen LogP contribution in [0.2, 0.25) is 0 Å². The molecule has 1 aliphatic heterocycles. The zero-order chi connectivity index (χ0) is 27.6. The molecule has 1 saturated heterocycles. The van der Waals surface area contributed by atoms with Crippen LogP contribution in [-0.2, 0) is 11.2 Å². The number of hydrogen-bond donors (Lipinski definition) is 1. The van der Waals surface area contributed by atoms with E-state index in [0.717, 1.165) is 27.8 Å². The van der Waals surface area contributed by atoms with Gasteiger partial charge in [-0.25, -0.2) is 9.07 Å². The lowest BCUT2D eigenvalue weighted by Crippen LogP contribution is -2.47. The van der Waals surface area contributed by atoms with E-state index >= 15 is 0 Å². The van der Waals surface area contributed by atoms with Crippen molar-refractivity contribution < 1.29 is 14.0 Å². The van der Waals surface area contributed by atoms with Gasteiger partial charge < -0.3 is 10.2 Å². The van der Waals surface area contributed by atoms with Crippen LogP contribution in [0.3, 0.4) is 0 Å². The number of carbonyl (C=O) groups is 2. The van der Waals surface area contributed by atoms with Gasteiger partial charge in [-0.1, -0.05) is 37.3 Å². The minimum Gasteiger partial charge on any atom is -0.346 e. The highest BCUT2D eigenvalue weighted by Gasteiger charge is 2.48. The number of pyridine rings is 1. The summed E-state index contributed by atoms with van der Waals surface area (Å²) in [5, 5.41) is 8.54. The van der Waals surface area contributed by atoms with Gasteiger partial charge in [0.1, 0.15) is 5.82 Å². The number of aromatic nitrogens is 3. The Morgan fingerprint density at radius 2 is 1.73 bits per heavy atom. The molecule has 0 saturated carbocycles. The summed E-state index contributed by atoms with van der Waals surface area (Å²) in [6.07, 6.45) is 6.06. The summed E-state index contributed by atoms with van der Waals surface area (Å²) >= 11 is 0. The van der Waals surface area contributed by atoms with Gasteiger partial charge in [-0.15, -0.1) is 0 Å². The first kappa shape index (κ1) is 25.4. The van der Waals surface area contributed by atoms with Crippen LogP contribution in [0.15, 0.2) is 104 Å². The Balaban J connectivity index is 1.36. The quantitative estimate of drug-likeness (QED) is 0.306. The molecule has 2 unspecified atom stereocenters. The minimum atomic E-state index is -0.439. The fraction of sp³-hybridized carbons (Fsp3) is 0.188. The predicted octanol–water partition coefficient (Wildman–Crippen LogP) is 5.34. The van der Waals surface area contributed by atoms with E-state index in [1.54, 1.807) is 41.3 Å².